The van der Waals surface area contributed by atoms with Crippen LogP contribution in [0.2, 0.25) is 0 Å². The third kappa shape index (κ3) is 3.92. The van der Waals surface area contributed by atoms with Gasteiger partial charge in [0.05, 0.1) is 10.6 Å². The largest absolute Gasteiger partial charge is 0.370 e. The molecule has 2 rings (SSSR count). The number of nitrogens with zero attached hydrogens (tertiary/aromatic N) is 2. The fourth-order valence-electron chi connectivity index (χ4n) is 1.69. The predicted molar refractivity (Wildman–Crippen MR) is 90.2 cm³/mol. The first kappa shape index (κ1) is 15.7. The molecule has 0 bridgehead atoms. The fourth-order valence-corrected chi connectivity index (χ4v) is 2.84. The highest BCUT2D eigenvalue weighted by molar-refractivity contribution is 9.11. The van der Waals surface area contributed by atoms with Crippen LogP contribution in [0.3, 0.4) is 0 Å². The molecule has 0 aliphatic carbocycles. The van der Waals surface area contributed by atoms with Crippen LogP contribution in [0, 0.1) is 10.1 Å². The molecule has 2 N–H and O–H groups in total. The van der Waals surface area contributed by atoms with E-state index in [0.717, 1.165) is 8.95 Å². The van der Waals surface area contributed by atoms with Crippen molar-refractivity contribution >= 4 is 54.9 Å². The summed E-state index contributed by atoms with van der Waals surface area (Å²) in [6.45, 7) is 2.62. The fraction of sp³-hybridized carbons (Fsp3) is 0.154. The molecule has 0 atom stereocenters. The van der Waals surface area contributed by atoms with Crippen molar-refractivity contribution in [1.82, 2.24) is 4.98 Å². The molecule has 0 aliphatic heterocycles. The van der Waals surface area contributed by atoms with Gasteiger partial charge in [0.2, 0.25) is 5.82 Å². The maximum atomic E-state index is 11.1. The van der Waals surface area contributed by atoms with Crippen LogP contribution >= 0.6 is 31.9 Å². The van der Waals surface area contributed by atoms with Crippen LogP contribution in [-0.2, 0) is 0 Å². The lowest BCUT2D eigenvalue weighted by molar-refractivity contribution is -0.384. The molecule has 6 nitrogen and oxygen atoms in total. The highest BCUT2D eigenvalue weighted by Gasteiger charge is 2.17. The van der Waals surface area contributed by atoms with Gasteiger partial charge in [0.25, 0.3) is 0 Å². The van der Waals surface area contributed by atoms with Crippen LogP contribution in [0.5, 0.6) is 0 Å². The van der Waals surface area contributed by atoms with Gasteiger partial charge in [0, 0.05) is 21.6 Å². The Morgan fingerprint density at radius 1 is 1.29 bits per heavy atom. The van der Waals surface area contributed by atoms with Gasteiger partial charge < -0.3 is 10.6 Å². The van der Waals surface area contributed by atoms with Gasteiger partial charge in [-0.3, -0.25) is 10.1 Å². The van der Waals surface area contributed by atoms with Gasteiger partial charge in [0.15, 0.2) is 0 Å². The van der Waals surface area contributed by atoms with E-state index in [1.807, 2.05) is 19.1 Å². The number of rotatable bonds is 5. The van der Waals surface area contributed by atoms with E-state index in [2.05, 4.69) is 47.5 Å². The zero-order valence-corrected chi connectivity index (χ0v) is 14.2. The molecule has 0 unspecified atom stereocenters. The molecule has 1 aromatic carbocycles. The highest BCUT2D eigenvalue weighted by atomic mass is 79.9. The van der Waals surface area contributed by atoms with E-state index in [0.29, 0.717) is 18.1 Å². The number of benzene rings is 1. The smallest absolute Gasteiger partial charge is 0.311 e. The second-order valence-corrected chi connectivity index (χ2v) is 5.87. The molecule has 0 fully saturated rings. The molecule has 0 saturated heterocycles. The van der Waals surface area contributed by atoms with E-state index in [-0.39, 0.29) is 11.5 Å². The normalized spacial score (nSPS) is 10.2. The van der Waals surface area contributed by atoms with Crippen LogP contribution in [0.1, 0.15) is 6.92 Å². The van der Waals surface area contributed by atoms with Gasteiger partial charge in [0.1, 0.15) is 5.82 Å². The Hall–Kier alpha value is -1.67. The monoisotopic (exact) mass is 414 g/mol. The van der Waals surface area contributed by atoms with Crippen LogP contribution in [0.15, 0.2) is 39.3 Å². The lowest BCUT2D eigenvalue weighted by atomic mass is 10.3. The summed E-state index contributed by atoms with van der Waals surface area (Å²) in [6.07, 6.45) is 0. The van der Waals surface area contributed by atoms with Crippen molar-refractivity contribution in [3.63, 3.8) is 0 Å². The Bertz CT molecular complexity index is 679. The Balaban J connectivity index is 2.40. The second kappa shape index (κ2) is 6.86. The second-order valence-electron chi connectivity index (χ2n) is 4.10. The molecular formula is C13H12Br2N4O2. The number of nitro groups is 1. The molecule has 1 heterocycles. The van der Waals surface area contributed by atoms with E-state index < -0.39 is 4.92 Å². The van der Waals surface area contributed by atoms with Gasteiger partial charge in [-0.25, -0.2) is 4.98 Å². The number of anilines is 3. The zero-order valence-electron chi connectivity index (χ0n) is 11.1. The quantitative estimate of drug-likeness (QED) is 0.546. The van der Waals surface area contributed by atoms with E-state index in [1.165, 1.54) is 6.07 Å². The summed E-state index contributed by atoms with van der Waals surface area (Å²) in [5, 5.41) is 17.1. The standard InChI is InChI=1S/C13H12Br2N4O2/c1-2-16-12-6-5-11(19(20)21)13(18-12)17-10-4-3-8(14)7-9(10)15/h3-7H,2H2,1H3,(H2,16,17,18). The molecule has 1 aromatic heterocycles. The number of aromatic nitrogens is 1. The summed E-state index contributed by atoms with van der Waals surface area (Å²) in [5.41, 5.74) is 0.619. The molecule has 0 amide bonds. The van der Waals surface area contributed by atoms with Crippen LogP contribution in [-0.4, -0.2) is 16.5 Å². The lowest BCUT2D eigenvalue weighted by Crippen LogP contribution is -2.04. The summed E-state index contributed by atoms with van der Waals surface area (Å²) in [6, 6.07) is 8.51. The number of halogens is 2. The van der Waals surface area contributed by atoms with Gasteiger partial charge in [-0.05, 0) is 47.1 Å². The Morgan fingerprint density at radius 3 is 2.67 bits per heavy atom. The predicted octanol–water partition coefficient (Wildman–Crippen LogP) is 4.69. The van der Waals surface area contributed by atoms with E-state index in [4.69, 9.17) is 0 Å². The molecule has 0 radical (unpaired) electrons. The first-order valence-electron chi connectivity index (χ1n) is 6.12. The van der Waals surface area contributed by atoms with Gasteiger partial charge in [-0.15, -0.1) is 0 Å². The molecule has 0 spiro atoms. The minimum absolute atomic E-state index is 0.0773. The average Bonchev–Trinajstić information content (AvgIpc) is 2.42. The van der Waals surface area contributed by atoms with Gasteiger partial charge in [-0.1, -0.05) is 15.9 Å². The SMILES string of the molecule is CCNc1ccc([N+](=O)[O-])c(Nc2ccc(Br)cc2Br)n1. The first-order valence-corrected chi connectivity index (χ1v) is 7.71. The average molecular weight is 416 g/mol. The molecule has 0 aliphatic rings. The molecule has 110 valence electrons. The topological polar surface area (TPSA) is 80.1 Å². The van der Waals surface area contributed by atoms with Crippen molar-refractivity contribution in [3.8, 4) is 0 Å². The third-order valence-electron chi connectivity index (χ3n) is 2.61. The molecular weight excluding hydrogens is 404 g/mol. The molecule has 8 heteroatoms. The van der Waals surface area contributed by atoms with E-state index in [1.54, 1.807) is 12.1 Å². The maximum absolute atomic E-state index is 11.1. The van der Waals surface area contributed by atoms with Crippen LogP contribution < -0.4 is 10.6 Å². The van der Waals surface area contributed by atoms with Crippen molar-refractivity contribution < 1.29 is 4.92 Å². The number of nitrogens with one attached hydrogen (secondary N) is 2. The van der Waals surface area contributed by atoms with Crippen molar-refractivity contribution in [2.45, 2.75) is 6.92 Å². The number of hydrogen-bond acceptors (Lipinski definition) is 5. The highest BCUT2D eigenvalue weighted by Crippen LogP contribution is 2.32. The zero-order chi connectivity index (χ0) is 15.4. The van der Waals surface area contributed by atoms with Crippen LogP contribution in [0.4, 0.5) is 23.0 Å². The minimum Gasteiger partial charge on any atom is -0.370 e. The third-order valence-corrected chi connectivity index (χ3v) is 3.76. The minimum atomic E-state index is -0.460. The Kier molecular flexibility index (Phi) is 5.13. The summed E-state index contributed by atoms with van der Waals surface area (Å²) in [5.74, 6) is 0.778. The maximum Gasteiger partial charge on any atom is 0.311 e. The van der Waals surface area contributed by atoms with Gasteiger partial charge in [-0.2, -0.15) is 0 Å². The Labute approximate surface area is 138 Å². The van der Waals surface area contributed by atoms with Crippen LogP contribution in [0.25, 0.3) is 0 Å². The number of pyridine rings is 1. The van der Waals surface area contributed by atoms with Gasteiger partial charge >= 0.3 is 5.69 Å². The van der Waals surface area contributed by atoms with Crippen molar-refractivity contribution in [1.29, 1.82) is 0 Å². The Morgan fingerprint density at radius 2 is 2.05 bits per heavy atom. The molecule has 2 aromatic rings. The molecule has 0 saturated carbocycles. The summed E-state index contributed by atoms with van der Waals surface area (Å²) >= 11 is 6.77. The molecule has 21 heavy (non-hydrogen) atoms. The summed E-state index contributed by atoms with van der Waals surface area (Å²) in [7, 11) is 0. The summed E-state index contributed by atoms with van der Waals surface area (Å²) in [4.78, 5) is 14.9. The van der Waals surface area contributed by atoms with Crippen molar-refractivity contribution in [2.75, 3.05) is 17.2 Å². The summed E-state index contributed by atoms with van der Waals surface area (Å²) < 4.78 is 1.69. The number of hydrogen-bond donors (Lipinski definition) is 2. The van der Waals surface area contributed by atoms with E-state index in [9.17, 15) is 10.1 Å². The van der Waals surface area contributed by atoms with Crippen molar-refractivity contribution in [2.24, 2.45) is 0 Å². The lowest BCUT2D eigenvalue weighted by Gasteiger charge is -2.10. The van der Waals surface area contributed by atoms with E-state index >= 15 is 0 Å². The first-order chi connectivity index (χ1) is 10.0. The van der Waals surface area contributed by atoms with Crippen molar-refractivity contribution in [3.05, 3.63) is 49.4 Å².